The maximum atomic E-state index is 12.7. The fourth-order valence-electron chi connectivity index (χ4n) is 2.61. The molecule has 0 aliphatic rings. The van der Waals surface area contributed by atoms with Crippen LogP contribution in [-0.2, 0) is 6.42 Å². The average Bonchev–Trinajstić information content (AvgIpc) is 2.75. The molecule has 3 rings (SSSR count). The van der Waals surface area contributed by atoms with E-state index in [1.807, 2.05) is 19.1 Å². The maximum absolute atomic E-state index is 12.7. The molecule has 104 valence electrons. The minimum absolute atomic E-state index is 0.00905. The number of hydrogen-bond donors (Lipinski definition) is 1. The number of nitrogens with one attached hydrogen (secondary N) is 1. The van der Waals surface area contributed by atoms with Gasteiger partial charge in [-0.15, -0.1) is 0 Å². The Kier molecular flexibility index (Phi) is 3.05. The number of nitrogens with zero attached hydrogens (tertiary/aromatic N) is 2. The molecule has 3 aromatic rings. The third-order valence-corrected chi connectivity index (χ3v) is 3.79. The molecule has 0 saturated heterocycles. The predicted molar refractivity (Wildman–Crippen MR) is 81.8 cm³/mol. The lowest BCUT2D eigenvalue weighted by atomic mass is 10.0. The maximum Gasteiger partial charge on any atom is 0.263 e. The zero-order chi connectivity index (χ0) is 14.4. The van der Waals surface area contributed by atoms with Gasteiger partial charge in [-0.05, 0) is 30.5 Å². The summed E-state index contributed by atoms with van der Waals surface area (Å²) in [5, 5.41) is 0.636. The van der Waals surface area contributed by atoms with E-state index in [1.165, 1.54) is 0 Å². The Hall–Kier alpha value is -1.81. The van der Waals surface area contributed by atoms with E-state index in [2.05, 4.69) is 23.8 Å². The Labute approximate surface area is 121 Å². The van der Waals surface area contributed by atoms with Gasteiger partial charge >= 0.3 is 0 Å². The smallest absolute Gasteiger partial charge is 0.263 e. The molecule has 4 nitrogen and oxygen atoms in total. The second-order valence-corrected chi connectivity index (χ2v) is 5.67. The molecule has 0 saturated carbocycles. The van der Waals surface area contributed by atoms with Gasteiger partial charge in [0.15, 0.2) is 0 Å². The van der Waals surface area contributed by atoms with E-state index < -0.39 is 0 Å². The van der Waals surface area contributed by atoms with Gasteiger partial charge in [-0.1, -0.05) is 32.4 Å². The Morgan fingerprint density at radius 3 is 2.80 bits per heavy atom. The van der Waals surface area contributed by atoms with Gasteiger partial charge in [0, 0.05) is 10.6 Å². The highest BCUT2D eigenvalue weighted by Crippen LogP contribution is 2.21. The first-order valence-electron chi connectivity index (χ1n) is 6.75. The number of benzene rings is 1. The summed E-state index contributed by atoms with van der Waals surface area (Å²) >= 11 is 6.00. The topological polar surface area (TPSA) is 50.2 Å². The van der Waals surface area contributed by atoms with E-state index in [0.29, 0.717) is 17.2 Å². The highest BCUT2D eigenvalue weighted by molar-refractivity contribution is 6.31. The molecule has 0 aliphatic heterocycles. The molecule has 0 fully saturated rings. The van der Waals surface area contributed by atoms with Crippen LogP contribution in [0.2, 0.25) is 5.02 Å². The van der Waals surface area contributed by atoms with Gasteiger partial charge in [-0.25, -0.2) is 9.38 Å². The first-order valence-corrected chi connectivity index (χ1v) is 7.13. The lowest BCUT2D eigenvalue weighted by molar-refractivity contribution is 0.783. The Morgan fingerprint density at radius 2 is 2.15 bits per heavy atom. The quantitative estimate of drug-likeness (QED) is 0.785. The second kappa shape index (κ2) is 4.63. The number of rotatable bonds is 2. The van der Waals surface area contributed by atoms with Crippen LogP contribution in [0, 0.1) is 0 Å². The van der Waals surface area contributed by atoms with Crippen molar-refractivity contribution in [2.75, 3.05) is 0 Å². The summed E-state index contributed by atoms with van der Waals surface area (Å²) < 4.78 is 1.64. The molecular formula is C15H16ClN3O. The molecular weight excluding hydrogens is 274 g/mol. The van der Waals surface area contributed by atoms with E-state index in [1.54, 1.807) is 10.5 Å². The molecule has 2 heterocycles. The number of imidazole rings is 1. The predicted octanol–water partition coefficient (Wildman–Crippen LogP) is 3.52. The number of aromatic nitrogens is 3. The lowest BCUT2D eigenvalue weighted by Gasteiger charge is -2.10. The van der Waals surface area contributed by atoms with Crippen molar-refractivity contribution in [2.45, 2.75) is 33.1 Å². The SMILES string of the molecule is CCc1c(C(C)C)nc2[nH]c3cc(Cl)ccc3n2c1=O. The number of hydrogen-bond acceptors (Lipinski definition) is 2. The van der Waals surface area contributed by atoms with E-state index in [9.17, 15) is 4.79 Å². The summed E-state index contributed by atoms with van der Waals surface area (Å²) in [5.74, 6) is 0.797. The summed E-state index contributed by atoms with van der Waals surface area (Å²) in [7, 11) is 0. The van der Waals surface area contributed by atoms with Crippen LogP contribution in [0.1, 0.15) is 37.9 Å². The number of fused-ring (bicyclic) bond motifs is 3. The van der Waals surface area contributed by atoms with E-state index in [0.717, 1.165) is 22.3 Å². The van der Waals surface area contributed by atoms with Gasteiger partial charge in [-0.3, -0.25) is 4.79 Å². The highest BCUT2D eigenvalue weighted by atomic mass is 35.5. The monoisotopic (exact) mass is 289 g/mol. The normalized spacial score (nSPS) is 11.8. The van der Waals surface area contributed by atoms with Crippen molar-refractivity contribution in [1.82, 2.24) is 14.4 Å². The van der Waals surface area contributed by atoms with Crippen molar-refractivity contribution in [1.29, 1.82) is 0 Å². The van der Waals surface area contributed by atoms with Crippen LogP contribution < -0.4 is 5.56 Å². The lowest BCUT2D eigenvalue weighted by Crippen LogP contribution is -2.22. The fourth-order valence-corrected chi connectivity index (χ4v) is 2.79. The van der Waals surface area contributed by atoms with Gasteiger partial charge < -0.3 is 4.98 Å². The summed E-state index contributed by atoms with van der Waals surface area (Å²) in [6, 6.07) is 5.44. The van der Waals surface area contributed by atoms with E-state index in [4.69, 9.17) is 11.6 Å². The molecule has 2 aromatic heterocycles. The van der Waals surface area contributed by atoms with Gasteiger partial charge in [0.05, 0.1) is 16.7 Å². The van der Waals surface area contributed by atoms with E-state index >= 15 is 0 Å². The summed E-state index contributed by atoms with van der Waals surface area (Å²) in [6.45, 7) is 6.09. The minimum Gasteiger partial charge on any atom is -0.323 e. The number of aromatic amines is 1. The Balaban J connectivity index is 2.50. The van der Waals surface area contributed by atoms with Gasteiger partial charge in [-0.2, -0.15) is 0 Å². The number of H-pyrrole nitrogens is 1. The molecule has 1 N–H and O–H groups in total. The van der Waals surface area contributed by atoms with Crippen LogP contribution in [0.3, 0.4) is 0 Å². The molecule has 0 bridgehead atoms. The molecule has 20 heavy (non-hydrogen) atoms. The van der Waals surface area contributed by atoms with Crippen molar-refractivity contribution in [3.63, 3.8) is 0 Å². The molecule has 0 amide bonds. The standard InChI is InChI=1S/C15H16ClN3O/c1-4-10-13(8(2)3)18-15-17-11-7-9(16)5-6-12(11)19(15)14(10)20/h5-8H,4H2,1-3H3,(H,17,18). The van der Waals surface area contributed by atoms with Crippen LogP contribution in [-0.4, -0.2) is 14.4 Å². The average molecular weight is 290 g/mol. The fraction of sp³-hybridized carbons (Fsp3) is 0.333. The van der Waals surface area contributed by atoms with E-state index in [-0.39, 0.29) is 11.5 Å². The first-order chi connectivity index (χ1) is 9.52. The molecule has 1 aromatic carbocycles. The number of halogens is 1. The molecule has 0 atom stereocenters. The van der Waals surface area contributed by atoms with Crippen molar-refractivity contribution >= 4 is 28.4 Å². The zero-order valence-corrected chi connectivity index (χ0v) is 12.5. The summed E-state index contributed by atoms with van der Waals surface area (Å²) in [4.78, 5) is 20.5. The van der Waals surface area contributed by atoms with Crippen LogP contribution in [0.4, 0.5) is 0 Å². The largest absolute Gasteiger partial charge is 0.323 e. The molecule has 0 aliphatic carbocycles. The van der Waals surface area contributed by atoms with Gasteiger partial charge in [0.25, 0.3) is 5.56 Å². The first kappa shape index (κ1) is 13.2. The minimum atomic E-state index is 0.00905. The molecule has 0 unspecified atom stereocenters. The van der Waals surface area contributed by atoms with Gasteiger partial charge in [0.2, 0.25) is 5.78 Å². The van der Waals surface area contributed by atoms with Crippen molar-refractivity contribution in [3.8, 4) is 0 Å². The Morgan fingerprint density at radius 1 is 1.40 bits per heavy atom. The zero-order valence-electron chi connectivity index (χ0n) is 11.7. The molecule has 0 spiro atoms. The van der Waals surface area contributed by atoms with Crippen molar-refractivity contribution in [2.24, 2.45) is 0 Å². The third kappa shape index (κ3) is 1.83. The highest BCUT2D eigenvalue weighted by Gasteiger charge is 2.16. The summed E-state index contributed by atoms with van der Waals surface area (Å²) in [5.41, 5.74) is 3.30. The van der Waals surface area contributed by atoms with Crippen LogP contribution in [0.5, 0.6) is 0 Å². The van der Waals surface area contributed by atoms with Crippen molar-refractivity contribution in [3.05, 3.63) is 44.8 Å². The third-order valence-electron chi connectivity index (χ3n) is 3.55. The molecule has 0 radical (unpaired) electrons. The van der Waals surface area contributed by atoms with Gasteiger partial charge in [0.1, 0.15) is 0 Å². The Bertz CT molecular complexity index is 861. The molecule has 5 heteroatoms. The second-order valence-electron chi connectivity index (χ2n) is 5.23. The summed E-state index contributed by atoms with van der Waals surface area (Å²) in [6.07, 6.45) is 0.683. The van der Waals surface area contributed by atoms with Crippen LogP contribution in [0.15, 0.2) is 23.0 Å². The van der Waals surface area contributed by atoms with Crippen LogP contribution >= 0.6 is 11.6 Å². The van der Waals surface area contributed by atoms with Crippen molar-refractivity contribution < 1.29 is 0 Å². The van der Waals surface area contributed by atoms with Crippen LogP contribution in [0.25, 0.3) is 16.8 Å².